The Morgan fingerprint density at radius 1 is 1.09 bits per heavy atom. The van der Waals surface area contributed by atoms with Crippen molar-refractivity contribution in [1.29, 1.82) is 0 Å². The van der Waals surface area contributed by atoms with Crippen LogP contribution >= 0.6 is 11.8 Å². The second-order valence-electron chi connectivity index (χ2n) is 9.63. The average molecular weight is 486 g/mol. The van der Waals surface area contributed by atoms with Crippen molar-refractivity contribution < 1.29 is 19.1 Å². The van der Waals surface area contributed by atoms with Crippen molar-refractivity contribution in [1.82, 2.24) is 4.98 Å². The molecule has 1 aromatic heterocycles. The summed E-state index contributed by atoms with van der Waals surface area (Å²) in [7, 11) is 0. The van der Waals surface area contributed by atoms with Crippen LogP contribution in [0, 0.1) is 12.8 Å². The number of aromatic nitrogens is 1. The smallest absolute Gasteiger partial charge is 0.338 e. The number of unbranched alkanes of at least 4 members (excludes halogenated alkanes) is 1. The van der Waals surface area contributed by atoms with Crippen molar-refractivity contribution in [3.63, 3.8) is 0 Å². The summed E-state index contributed by atoms with van der Waals surface area (Å²) in [5.74, 6) is 0.475. The molecule has 1 heterocycles. The molecular formula is C28H39NO4S. The Bertz CT molecular complexity index is 934. The predicted octanol–water partition coefficient (Wildman–Crippen LogP) is 7.25. The Labute approximate surface area is 209 Å². The number of carbonyl (C=O) groups is 2. The van der Waals surface area contributed by atoms with E-state index in [2.05, 4.69) is 18.8 Å². The molecule has 0 spiro atoms. The van der Waals surface area contributed by atoms with Gasteiger partial charge in [0, 0.05) is 28.1 Å². The van der Waals surface area contributed by atoms with Crippen LogP contribution in [0.2, 0.25) is 0 Å². The van der Waals surface area contributed by atoms with Gasteiger partial charge in [-0.25, -0.2) is 4.79 Å². The highest BCUT2D eigenvalue weighted by atomic mass is 32.2. The first-order chi connectivity index (χ1) is 16.1. The van der Waals surface area contributed by atoms with Crippen molar-refractivity contribution in [2.75, 3.05) is 12.4 Å². The molecule has 0 bridgehead atoms. The Kier molecular flexibility index (Phi) is 11.1. The van der Waals surface area contributed by atoms with Crippen molar-refractivity contribution in [3.8, 4) is 11.1 Å². The zero-order chi connectivity index (χ0) is 25.1. The van der Waals surface area contributed by atoms with Crippen molar-refractivity contribution in [3.05, 3.63) is 47.8 Å². The minimum absolute atomic E-state index is 0.172. The fourth-order valence-corrected chi connectivity index (χ4v) is 4.30. The maximum absolute atomic E-state index is 12.8. The molecule has 0 amide bonds. The van der Waals surface area contributed by atoms with Gasteiger partial charge in [-0.1, -0.05) is 39.2 Å². The van der Waals surface area contributed by atoms with Gasteiger partial charge in [-0.2, -0.15) is 0 Å². The topological polar surface area (TPSA) is 65.5 Å². The first-order valence-corrected chi connectivity index (χ1v) is 13.2. The highest BCUT2D eigenvalue weighted by Crippen LogP contribution is 2.29. The summed E-state index contributed by atoms with van der Waals surface area (Å²) in [4.78, 5) is 30.3. The molecule has 2 aromatic rings. The van der Waals surface area contributed by atoms with E-state index in [1.54, 1.807) is 6.20 Å². The van der Waals surface area contributed by atoms with Crippen LogP contribution in [0.5, 0.6) is 0 Å². The molecular weight excluding hydrogens is 446 g/mol. The highest BCUT2D eigenvalue weighted by Gasteiger charge is 2.19. The van der Waals surface area contributed by atoms with Gasteiger partial charge in [0.15, 0.2) is 0 Å². The molecule has 0 N–H and O–H groups in total. The minimum Gasteiger partial charge on any atom is -0.465 e. The van der Waals surface area contributed by atoms with E-state index in [0.29, 0.717) is 30.3 Å². The van der Waals surface area contributed by atoms with Crippen LogP contribution < -0.4 is 0 Å². The molecule has 0 aliphatic carbocycles. The van der Waals surface area contributed by atoms with Crippen LogP contribution in [0.15, 0.2) is 41.4 Å². The summed E-state index contributed by atoms with van der Waals surface area (Å²) in [5.41, 5.74) is 2.65. The summed E-state index contributed by atoms with van der Waals surface area (Å²) in [5, 5.41) is 0. The lowest BCUT2D eigenvalue weighted by atomic mass is 10.0. The van der Waals surface area contributed by atoms with Gasteiger partial charge < -0.3 is 9.47 Å². The van der Waals surface area contributed by atoms with E-state index in [1.165, 1.54) is 18.2 Å². The summed E-state index contributed by atoms with van der Waals surface area (Å²) < 4.78 is 11.1. The van der Waals surface area contributed by atoms with Gasteiger partial charge in [0.1, 0.15) is 5.60 Å². The van der Waals surface area contributed by atoms with Gasteiger partial charge in [-0.15, -0.1) is 11.8 Å². The number of pyridine rings is 1. The molecule has 1 aromatic carbocycles. The van der Waals surface area contributed by atoms with Crippen molar-refractivity contribution in [2.45, 2.75) is 84.1 Å². The average Bonchev–Trinajstić information content (AvgIpc) is 2.78. The zero-order valence-corrected chi connectivity index (χ0v) is 22.3. The Morgan fingerprint density at radius 3 is 2.47 bits per heavy atom. The molecule has 6 heteroatoms. The van der Waals surface area contributed by atoms with Crippen molar-refractivity contribution >= 4 is 23.7 Å². The van der Waals surface area contributed by atoms with E-state index in [9.17, 15) is 9.59 Å². The number of esters is 2. The highest BCUT2D eigenvalue weighted by molar-refractivity contribution is 7.99. The third kappa shape index (κ3) is 9.88. The number of benzene rings is 1. The lowest BCUT2D eigenvalue weighted by molar-refractivity contribution is -0.144. The van der Waals surface area contributed by atoms with Crippen LogP contribution in [0.1, 0.15) is 82.8 Å². The fourth-order valence-electron chi connectivity index (χ4n) is 3.38. The molecule has 2 rings (SSSR count). The fraction of sp³-hybridized carbons (Fsp3) is 0.536. The lowest BCUT2D eigenvalue weighted by Crippen LogP contribution is -2.23. The van der Waals surface area contributed by atoms with E-state index in [-0.39, 0.29) is 11.9 Å². The van der Waals surface area contributed by atoms with E-state index >= 15 is 0 Å². The van der Waals surface area contributed by atoms with E-state index in [4.69, 9.17) is 9.47 Å². The standard InChI is InChI=1S/C28H39NO4S/c1-7-9-10-21(8-2)19-32-26(30)13-14-34-25-16-23(22-12-11-20(3)29-18-22)15-24(17-25)27(31)33-28(4,5)6/h11-12,15-18,21H,7-10,13-14,19H2,1-6H3. The second kappa shape index (κ2) is 13.5. The number of nitrogens with zero attached hydrogens (tertiary/aromatic N) is 1. The number of carbonyl (C=O) groups excluding carboxylic acids is 2. The third-order valence-electron chi connectivity index (χ3n) is 5.38. The normalized spacial score (nSPS) is 12.3. The summed E-state index contributed by atoms with van der Waals surface area (Å²) in [6, 6.07) is 9.62. The number of thioether (sulfide) groups is 1. The van der Waals surface area contributed by atoms with Gasteiger partial charge in [0.2, 0.25) is 0 Å². The van der Waals surface area contributed by atoms with E-state index < -0.39 is 5.60 Å². The first-order valence-electron chi connectivity index (χ1n) is 12.2. The Balaban J connectivity index is 2.07. The molecule has 34 heavy (non-hydrogen) atoms. The zero-order valence-electron chi connectivity index (χ0n) is 21.5. The third-order valence-corrected chi connectivity index (χ3v) is 6.36. The van der Waals surface area contributed by atoms with Crippen LogP contribution in [0.25, 0.3) is 11.1 Å². The van der Waals surface area contributed by atoms with Crippen LogP contribution in [0.3, 0.4) is 0 Å². The van der Waals surface area contributed by atoms with Gasteiger partial charge in [0.25, 0.3) is 0 Å². The number of hydrogen-bond donors (Lipinski definition) is 0. The molecule has 0 saturated heterocycles. The maximum atomic E-state index is 12.8. The van der Waals surface area contributed by atoms with Crippen LogP contribution in [-0.2, 0) is 14.3 Å². The van der Waals surface area contributed by atoms with Gasteiger partial charge in [-0.3, -0.25) is 9.78 Å². The van der Waals surface area contributed by atoms with Crippen LogP contribution in [0.4, 0.5) is 0 Å². The first kappa shape index (κ1) is 27.9. The number of aryl methyl sites for hydroxylation is 1. The van der Waals surface area contributed by atoms with E-state index in [0.717, 1.165) is 41.0 Å². The minimum atomic E-state index is -0.580. The molecule has 5 nitrogen and oxygen atoms in total. The molecule has 0 saturated carbocycles. The monoisotopic (exact) mass is 485 g/mol. The van der Waals surface area contributed by atoms with Gasteiger partial charge in [-0.05, 0) is 69.9 Å². The van der Waals surface area contributed by atoms with Gasteiger partial charge in [0.05, 0.1) is 18.6 Å². The summed E-state index contributed by atoms with van der Waals surface area (Å²) in [6.07, 6.45) is 6.58. The lowest BCUT2D eigenvalue weighted by Gasteiger charge is -2.20. The quantitative estimate of drug-likeness (QED) is 0.233. The SMILES string of the molecule is CCCCC(CC)COC(=O)CCSc1cc(C(=O)OC(C)(C)C)cc(-c2ccc(C)nc2)c1. The molecule has 0 fully saturated rings. The molecule has 0 radical (unpaired) electrons. The molecule has 0 aliphatic rings. The number of rotatable bonds is 12. The maximum Gasteiger partial charge on any atom is 0.338 e. The molecule has 0 aliphatic heterocycles. The predicted molar refractivity (Wildman–Crippen MR) is 139 cm³/mol. The molecule has 186 valence electrons. The second-order valence-corrected chi connectivity index (χ2v) is 10.8. The van der Waals surface area contributed by atoms with E-state index in [1.807, 2.05) is 58.0 Å². The number of hydrogen-bond acceptors (Lipinski definition) is 6. The summed E-state index contributed by atoms with van der Waals surface area (Å²) in [6.45, 7) is 12.3. The Morgan fingerprint density at radius 2 is 1.85 bits per heavy atom. The van der Waals surface area contributed by atoms with Crippen LogP contribution in [-0.4, -0.2) is 34.9 Å². The Hall–Kier alpha value is -2.34. The number of ether oxygens (including phenoxy) is 2. The van der Waals surface area contributed by atoms with Gasteiger partial charge >= 0.3 is 11.9 Å². The molecule has 1 unspecified atom stereocenters. The molecule has 1 atom stereocenters. The summed E-state index contributed by atoms with van der Waals surface area (Å²) >= 11 is 1.54. The largest absolute Gasteiger partial charge is 0.465 e. The van der Waals surface area contributed by atoms with Crippen molar-refractivity contribution in [2.24, 2.45) is 5.92 Å².